The summed E-state index contributed by atoms with van der Waals surface area (Å²) in [7, 11) is 0. The minimum atomic E-state index is -0.155. The van der Waals surface area contributed by atoms with Crippen molar-refractivity contribution in [2.24, 2.45) is 0 Å². The number of carbonyl (C=O) groups excluding carboxylic acids is 1. The summed E-state index contributed by atoms with van der Waals surface area (Å²) in [6, 6.07) is 10.4. The summed E-state index contributed by atoms with van der Waals surface area (Å²) in [5.74, 6) is 2.43. The summed E-state index contributed by atoms with van der Waals surface area (Å²) in [5, 5.41) is 3.40. The Bertz CT molecular complexity index is 1040. The first-order chi connectivity index (χ1) is 15.0. The molecule has 0 bridgehead atoms. The van der Waals surface area contributed by atoms with Gasteiger partial charge in [-0.1, -0.05) is 23.7 Å². The predicted octanol–water partition coefficient (Wildman–Crippen LogP) is 4.48. The predicted molar refractivity (Wildman–Crippen MR) is 118 cm³/mol. The van der Waals surface area contributed by atoms with Crippen LogP contribution < -0.4 is 10.1 Å². The highest BCUT2D eigenvalue weighted by Crippen LogP contribution is 2.28. The van der Waals surface area contributed by atoms with Gasteiger partial charge in [0, 0.05) is 44.1 Å². The van der Waals surface area contributed by atoms with Crippen LogP contribution in [0.2, 0.25) is 5.02 Å². The molecule has 0 saturated carbocycles. The maximum Gasteiger partial charge on any atom is 0.321 e. The van der Waals surface area contributed by atoms with E-state index in [2.05, 4.69) is 20.2 Å². The Hall–Kier alpha value is -3.10. The number of hydrogen-bond donors (Lipinski definition) is 1. The number of benzene rings is 1. The topological polar surface area (TPSA) is 83.7 Å². The zero-order chi connectivity index (χ0) is 21.8. The minimum Gasteiger partial charge on any atom is -0.444 e. The highest BCUT2D eigenvalue weighted by molar-refractivity contribution is 6.32. The third kappa shape index (κ3) is 5.34. The van der Waals surface area contributed by atoms with Gasteiger partial charge in [-0.15, -0.1) is 0 Å². The number of aryl methyl sites for hydroxylation is 2. The lowest BCUT2D eigenvalue weighted by molar-refractivity contribution is 0.135. The van der Waals surface area contributed by atoms with Gasteiger partial charge in [-0.05, 0) is 32.0 Å². The molecule has 1 aliphatic heterocycles. The summed E-state index contributed by atoms with van der Waals surface area (Å²) < 4.78 is 11.4. The fourth-order valence-corrected chi connectivity index (χ4v) is 3.47. The molecule has 8 nitrogen and oxygen atoms in total. The lowest BCUT2D eigenvalue weighted by Gasteiger charge is -2.34. The van der Waals surface area contributed by atoms with Crippen LogP contribution in [0.1, 0.15) is 17.3 Å². The van der Waals surface area contributed by atoms with Crippen LogP contribution in [0.25, 0.3) is 0 Å². The first-order valence-electron chi connectivity index (χ1n) is 10.1. The van der Waals surface area contributed by atoms with E-state index in [1.54, 1.807) is 35.4 Å². The molecule has 3 aromatic rings. The van der Waals surface area contributed by atoms with Gasteiger partial charge in [0.2, 0.25) is 11.8 Å². The van der Waals surface area contributed by atoms with Crippen molar-refractivity contribution in [1.82, 2.24) is 19.8 Å². The number of oxazole rings is 1. The number of amides is 2. The van der Waals surface area contributed by atoms with E-state index in [1.165, 1.54) is 0 Å². The van der Waals surface area contributed by atoms with E-state index in [4.69, 9.17) is 20.8 Å². The number of nitrogens with zero attached hydrogens (tertiary/aromatic N) is 4. The van der Waals surface area contributed by atoms with Crippen molar-refractivity contribution < 1.29 is 13.9 Å². The molecular formula is C22H24ClN5O3. The Morgan fingerprint density at radius 3 is 2.68 bits per heavy atom. The highest BCUT2D eigenvalue weighted by atomic mass is 35.5. The number of piperazine rings is 1. The summed E-state index contributed by atoms with van der Waals surface area (Å²) in [5.41, 5.74) is 1.53. The van der Waals surface area contributed by atoms with Crippen molar-refractivity contribution in [3.63, 3.8) is 0 Å². The van der Waals surface area contributed by atoms with E-state index in [9.17, 15) is 4.79 Å². The molecule has 2 aromatic heterocycles. The zero-order valence-corrected chi connectivity index (χ0v) is 18.2. The van der Waals surface area contributed by atoms with Gasteiger partial charge in [-0.3, -0.25) is 4.90 Å². The fraction of sp³-hybridized carbons (Fsp3) is 0.318. The van der Waals surface area contributed by atoms with E-state index < -0.39 is 0 Å². The maximum atomic E-state index is 12.7. The average Bonchev–Trinajstić information content (AvgIpc) is 3.07. The molecule has 4 rings (SSSR count). The summed E-state index contributed by atoms with van der Waals surface area (Å²) >= 11 is 6.13. The van der Waals surface area contributed by atoms with Gasteiger partial charge in [-0.2, -0.15) is 0 Å². The van der Waals surface area contributed by atoms with Crippen LogP contribution in [-0.2, 0) is 6.54 Å². The second-order valence-corrected chi connectivity index (χ2v) is 7.76. The number of rotatable bonds is 5. The van der Waals surface area contributed by atoms with E-state index >= 15 is 0 Å². The number of anilines is 1. The molecule has 2 amide bonds. The summed E-state index contributed by atoms with van der Waals surface area (Å²) in [4.78, 5) is 25.3. The van der Waals surface area contributed by atoms with Crippen LogP contribution in [-0.4, -0.2) is 52.0 Å². The van der Waals surface area contributed by atoms with Crippen LogP contribution in [0.5, 0.6) is 11.6 Å². The lowest BCUT2D eigenvalue weighted by Crippen LogP contribution is -2.49. The van der Waals surface area contributed by atoms with E-state index in [0.717, 1.165) is 30.4 Å². The van der Waals surface area contributed by atoms with Crippen LogP contribution in [0.3, 0.4) is 0 Å². The zero-order valence-electron chi connectivity index (χ0n) is 17.5. The smallest absolute Gasteiger partial charge is 0.321 e. The van der Waals surface area contributed by atoms with Gasteiger partial charge in [-0.25, -0.2) is 14.8 Å². The monoisotopic (exact) mass is 441 g/mol. The van der Waals surface area contributed by atoms with Crippen molar-refractivity contribution in [2.75, 3.05) is 31.5 Å². The second kappa shape index (κ2) is 9.36. The minimum absolute atomic E-state index is 0.155. The Kier molecular flexibility index (Phi) is 6.39. The molecule has 1 saturated heterocycles. The Balaban J connectivity index is 1.30. The van der Waals surface area contributed by atoms with Gasteiger partial charge >= 0.3 is 6.03 Å². The highest BCUT2D eigenvalue weighted by Gasteiger charge is 2.22. The standard InChI is InChI=1S/C22H24ClN5O3/c1-15-16(2)30-21(25-15)14-27-9-11-28(12-10-27)22(29)26-17-7-8-24-20(13-17)31-19-6-4-3-5-18(19)23/h3-8,13H,9-12,14H2,1-2H3,(H,24,26,29). The van der Waals surface area contributed by atoms with Gasteiger partial charge in [0.15, 0.2) is 0 Å². The third-order valence-corrected chi connectivity index (χ3v) is 5.44. The number of urea groups is 1. The quantitative estimate of drug-likeness (QED) is 0.628. The van der Waals surface area contributed by atoms with E-state index in [-0.39, 0.29) is 6.03 Å². The SMILES string of the molecule is Cc1nc(CN2CCN(C(=O)Nc3ccnc(Oc4ccccc4Cl)c3)CC2)oc1C. The molecule has 162 valence electrons. The number of para-hydroxylation sites is 1. The van der Waals surface area contributed by atoms with Crippen LogP contribution >= 0.6 is 11.6 Å². The molecule has 1 aliphatic rings. The summed E-state index contributed by atoms with van der Waals surface area (Å²) in [6.07, 6.45) is 1.58. The van der Waals surface area contributed by atoms with Crippen LogP contribution in [0, 0.1) is 13.8 Å². The molecule has 1 aromatic carbocycles. The van der Waals surface area contributed by atoms with Crippen LogP contribution in [0.15, 0.2) is 47.0 Å². The first kappa shape index (κ1) is 21.1. The number of carbonyl (C=O) groups is 1. The number of halogens is 1. The van der Waals surface area contributed by atoms with E-state index in [0.29, 0.717) is 42.0 Å². The van der Waals surface area contributed by atoms with Gasteiger partial charge in [0.05, 0.1) is 17.3 Å². The van der Waals surface area contributed by atoms with E-state index in [1.807, 2.05) is 26.0 Å². The largest absolute Gasteiger partial charge is 0.444 e. The normalized spacial score (nSPS) is 14.5. The van der Waals surface area contributed by atoms with Crippen molar-refractivity contribution in [3.05, 3.63) is 65.0 Å². The van der Waals surface area contributed by atoms with Gasteiger partial charge < -0.3 is 19.4 Å². The first-order valence-corrected chi connectivity index (χ1v) is 10.5. The number of ether oxygens (including phenoxy) is 1. The third-order valence-electron chi connectivity index (χ3n) is 5.13. The lowest BCUT2D eigenvalue weighted by atomic mass is 10.3. The molecule has 9 heteroatoms. The number of pyridine rings is 1. The Morgan fingerprint density at radius 1 is 1.19 bits per heavy atom. The number of nitrogens with one attached hydrogen (secondary N) is 1. The maximum absolute atomic E-state index is 12.7. The molecule has 0 radical (unpaired) electrons. The van der Waals surface area contributed by atoms with Gasteiger partial charge in [0.25, 0.3) is 0 Å². The fourth-order valence-electron chi connectivity index (χ4n) is 3.29. The molecular weight excluding hydrogens is 418 g/mol. The number of hydrogen-bond acceptors (Lipinski definition) is 6. The molecule has 31 heavy (non-hydrogen) atoms. The molecule has 0 unspecified atom stereocenters. The summed E-state index contributed by atoms with van der Waals surface area (Å²) in [6.45, 7) is 7.26. The Morgan fingerprint density at radius 2 is 1.97 bits per heavy atom. The molecule has 1 N–H and O–H groups in total. The molecule has 0 spiro atoms. The molecule has 0 aliphatic carbocycles. The van der Waals surface area contributed by atoms with Crippen molar-refractivity contribution >= 4 is 23.3 Å². The van der Waals surface area contributed by atoms with Crippen molar-refractivity contribution in [2.45, 2.75) is 20.4 Å². The average molecular weight is 442 g/mol. The van der Waals surface area contributed by atoms with Crippen molar-refractivity contribution in [1.29, 1.82) is 0 Å². The Labute approximate surface area is 185 Å². The second-order valence-electron chi connectivity index (χ2n) is 7.36. The molecule has 1 fully saturated rings. The molecule has 0 atom stereocenters. The molecule has 3 heterocycles. The van der Waals surface area contributed by atoms with Gasteiger partial charge in [0.1, 0.15) is 11.5 Å². The van der Waals surface area contributed by atoms with Crippen molar-refractivity contribution in [3.8, 4) is 11.6 Å². The van der Waals surface area contributed by atoms with Crippen LogP contribution in [0.4, 0.5) is 10.5 Å². The number of aromatic nitrogens is 2.